The smallest absolute Gasteiger partial charge is 0.354 e. The Balaban J connectivity index is 1.50. The lowest BCUT2D eigenvalue weighted by molar-refractivity contribution is -0.141. The zero-order valence-electron chi connectivity index (χ0n) is 17.5. The topological polar surface area (TPSA) is 108 Å². The van der Waals surface area contributed by atoms with Crippen molar-refractivity contribution in [1.82, 2.24) is 19.9 Å². The minimum absolute atomic E-state index is 0.0237. The van der Waals surface area contributed by atoms with E-state index in [1.807, 2.05) is 12.1 Å². The van der Waals surface area contributed by atoms with E-state index in [-0.39, 0.29) is 29.1 Å². The molecule has 0 saturated heterocycles. The van der Waals surface area contributed by atoms with E-state index < -0.39 is 21.7 Å². The highest BCUT2D eigenvalue weighted by molar-refractivity contribution is 7.91. The SMILES string of the molecule is CCS(=O)(=O)c1nc(C(=O)N2CCc3c(cccc3Nc3ccc(C(F)(F)F)nc3)C2)c[nH]1. The van der Waals surface area contributed by atoms with E-state index in [9.17, 15) is 26.4 Å². The number of anilines is 2. The van der Waals surface area contributed by atoms with Crippen molar-refractivity contribution in [2.24, 2.45) is 0 Å². The first-order valence-corrected chi connectivity index (χ1v) is 11.7. The van der Waals surface area contributed by atoms with Crippen LogP contribution in [0.15, 0.2) is 47.9 Å². The van der Waals surface area contributed by atoms with Crippen molar-refractivity contribution >= 4 is 27.1 Å². The number of nitrogens with zero attached hydrogens (tertiary/aromatic N) is 3. The number of halogens is 3. The predicted molar refractivity (Wildman–Crippen MR) is 114 cm³/mol. The molecule has 0 saturated carbocycles. The molecular formula is C21H20F3N5O3S. The van der Waals surface area contributed by atoms with Crippen LogP contribution in [0.1, 0.15) is 34.2 Å². The molecule has 1 aromatic carbocycles. The number of hydrogen-bond acceptors (Lipinski definition) is 6. The molecular weight excluding hydrogens is 459 g/mol. The Morgan fingerprint density at radius 1 is 1.24 bits per heavy atom. The number of aromatic nitrogens is 3. The average Bonchev–Trinajstić information content (AvgIpc) is 3.29. The normalized spacial score (nSPS) is 14.1. The average molecular weight is 479 g/mol. The number of benzene rings is 1. The number of nitrogens with one attached hydrogen (secondary N) is 2. The van der Waals surface area contributed by atoms with Crippen LogP contribution in [0.2, 0.25) is 0 Å². The standard InChI is InChI=1S/C21H20F3N5O3S/c1-2-33(31,32)20-26-11-17(28-20)19(30)29-9-8-15-13(12-29)4-3-5-16(15)27-14-6-7-18(25-10-14)21(22,23)24/h3-7,10-11,27H,2,8-9,12H2,1H3,(H,26,28). The van der Waals surface area contributed by atoms with Crippen molar-refractivity contribution in [2.45, 2.75) is 31.2 Å². The molecule has 2 N–H and O–H groups in total. The molecule has 0 spiro atoms. The fraction of sp³-hybridized carbons (Fsp3) is 0.286. The summed E-state index contributed by atoms with van der Waals surface area (Å²) in [6, 6.07) is 7.68. The van der Waals surface area contributed by atoms with Crippen LogP contribution in [0.3, 0.4) is 0 Å². The summed E-state index contributed by atoms with van der Waals surface area (Å²) >= 11 is 0. The van der Waals surface area contributed by atoms with Crippen LogP contribution in [0.25, 0.3) is 0 Å². The molecule has 8 nitrogen and oxygen atoms in total. The second-order valence-electron chi connectivity index (χ2n) is 7.47. The lowest BCUT2D eigenvalue weighted by Crippen LogP contribution is -2.36. The number of alkyl halides is 3. The molecule has 0 aliphatic carbocycles. The molecule has 12 heteroatoms. The van der Waals surface area contributed by atoms with Gasteiger partial charge in [-0.15, -0.1) is 0 Å². The lowest BCUT2D eigenvalue weighted by Gasteiger charge is -2.30. The maximum atomic E-state index is 12.9. The van der Waals surface area contributed by atoms with E-state index in [4.69, 9.17) is 0 Å². The number of fused-ring (bicyclic) bond motifs is 1. The number of carbonyl (C=O) groups is 1. The van der Waals surface area contributed by atoms with Crippen LogP contribution in [0.4, 0.5) is 24.5 Å². The number of imidazole rings is 1. The van der Waals surface area contributed by atoms with Gasteiger partial charge in [0, 0.05) is 25.0 Å². The number of rotatable bonds is 5. The van der Waals surface area contributed by atoms with Crippen molar-refractivity contribution in [3.63, 3.8) is 0 Å². The maximum Gasteiger partial charge on any atom is 0.433 e. The van der Waals surface area contributed by atoms with Crippen LogP contribution in [0.5, 0.6) is 0 Å². The fourth-order valence-electron chi connectivity index (χ4n) is 3.56. The molecule has 174 valence electrons. The largest absolute Gasteiger partial charge is 0.433 e. The van der Waals surface area contributed by atoms with Crippen LogP contribution >= 0.6 is 0 Å². The van der Waals surface area contributed by atoms with E-state index in [1.165, 1.54) is 19.2 Å². The van der Waals surface area contributed by atoms with Gasteiger partial charge in [0.1, 0.15) is 11.4 Å². The van der Waals surface area contributed by atoms with Gasteiger partial charge in [-0.3, -0.25) is 4.79 Å². The summed E-state index contributed by atoms with van der Waals surface area (Å²) in [6.07, 6.45) is -1.59. The molecule has 0 unspecified atom stereocenters. The van der Waals surface area contributed by atoms with Gasteiger partial charge in [0.15, 0.2) is 0 Å². The molecule has 33 heavy (non-hydrogen) atoms. The van der Waals surface area contributed by atoms with Gasteiger partial charge >= 0.3 is 6.18 Å². The number of carbonyl (C=O) groups excluding carboxylic acids is 1. The minimum Gasteiger partial charge on any atom is -0.354 e. The highest BCUT2D eigenvalue weighted by atomic mass is 32.2. The van der Waals surface area contributed by atoms with E-state index in [0.29, 0.717) is 18.7 Å². The van der Waals surface area contributed by atoms with Gasteiger partial charge in [-0.25, -0.2) is 18.4 Å². The second kappa shape index (κ2) is 8.50. The Bertz CT molecular complexity index is 1290. The number of hydrogen-bond donors (Lipinski definition) is 2. The zero-order chi connectivity index (χ0) is 23.8. The highest BCUT2D eigenvalue weighted by Crippen LogP contribution is 2.31. The van der Waals surface area contributed by atoms with Gasteiger partial charge in [-0.2, -0.15) is 13.2 Å². The molecule has 3 heterocycles. The summed E-state index contributed by atoms with van der Waals surface area (Å²) in [6.45, 7) is 2.16. The summed E-state index contributed by atoms with van der Waals surface area (Å²) in [5.41, 5.74) is 2.00. The molecule has 0 radical (unpaired) electrons. The van der Waals surface area contributed by atoms with Gasteiger partial charge in [0.25, 0.3) is 5.91 Å². The quantitative estimate of drug-likeness (QED) is 0.580. The van der Waals surface area contributed by atoms with Crippen molar-refractivity contribution in [1.29, 1.82) is 0 Å². The van der Waals surface area contributed by atoms with E-state index in [0.717, 1.165) is 29.1 Å². The molecule has 3 aromatic rings. The van der Waals surface area contributed by atoms with Crippen molar-refractivity contribution < 1.29 is 26.4 Å². The van der Waals surface area contributed by atoms with Crippen molar-refractivity contribution in [3.8, 4) is 0 Å². The van der Waals surface area contributed by atoms with Gasteiger partial charge in [-0.05, 0) is 35.7 Å². The van der Waals surface area contributed by atoms with E-state index in [2.05, 4.69) is 20.3 Å². The van der Waals surface area contributed by atoms with Crippen LogP contribution in [0, 0.1) is 0 Å². The first-order chi connectivity index (χ1) is 15.6. The number of amides is 1. The Kier molecular flexibility index (Phi) is 5.87. The third-order valence-electron chi connectivity index (χ3n) is 5.33. The minimum atomic E-state index is -4.50. The van der Waals surface area contributed by atoms with Crippen LogP contribution in [-0.4, -0.2) is 46.5 Å². The van der Waals surface area contributed by atoms with Gasteiger partial charge in [0.2, 0.25) is 15.0 Å². The van der Waals surface area contributed by atoms with E-state index in [1.54, 1.807) is 11.0 Å². The lowest BCUT2D eigenvalue weighted by atomic mass is 9.97. The maximum absolute atomic E-state index is 12.9. The number of sulfone groups is 1. The molecule has 1 aliphatic heterocycles. The monoisotopic (exact) mass is 479 g/mol. The number of H-pyrrole nitrogens is 1. The predicted octanol–water partition coefficient (Wildman–Crippen LogP) is 3.56. The van der Waals surface area contributed by atoms with Gasteiger partial charge in [-0.1, -0.05) is 19.1 Å². The fourth-order valence-corrected chi connectivity index (χ4v) is 4.31. The Morgan fingerprint density at radius 3 is 2.70 bits per heavy atom. The molecule has 4 rings (SSSR count). The Labute approximate surface area is 187 Å². The summed E-state index contributed by atoms with van der Waals surface area (Å²) in [5, 5.41) is 2.86. The van der Waals surface area contributed by atoms with Crippen molar-refractivity contribution in [2.75, 3.05) is 17.6 Å². The summed E-state index contributed by atoms with van der Waals surface area (Å²) in [7, 11) is -3.55. The first-order valence-electron chi connectivity index (χ1n) is 10.1. The number of pyridine rings is 1. The summed E-state index contributed by atoms with van der Waals surface area (Å²) < 4.78 is 62.1. The molecule has 1 amide bonds. The van der Waals surface area contributed by atoms with Crippen LogP contribution in [-0.2, 0) is 29.0 Å². The molecule has 2 aromatic heterocycles. The Morgan fingerprint density at radius 2 is 2.03 bits per heavy atom. The van der Waals surface area contributed by atoms with Crippen molar-refractivity contribution in [3.05, 3.63) is 65.2 Å². The van der Waals surface area contributed by atoms with Gasteiger partial charge < -0.3 is 15.2 Å². The number of aromatic amines is 1. The van der Waals surface area contributed by atoms with Crippen LogP contribution < -0.4 is 5.32 Å². The first kappa shape index (κ1) is 22.8. The summed E-state index contributed by atoms with van der Waals surface area (Å²) in [4.78, 5) is 24.4. The highest BCUT2D eigenvalue weighted by Gasteiger charge is 2.32. The van der Waals surface area contributed by atoms with E-state index >= 15 is 0 Å². The second-order valence-corrected chi connectivity index (χ2v) is 9.66. The van der Waals surface area contributed by atoms with Gasteiger partial charge in [0.05, 0.1) is 17.6 Å². The summed E-state index contributed by atoms with van der Waals surface area (Å²) in [5.74, 6) is -0.519. The molecule has 0 atom stereocenters. The zero-order valence-corrected chi connectivity index (χ0v) is 18.3. The molecule has 0 bridgehead atoms. The molecule has 1 aliphatic rings. The Hall–Kier alpha value is -3.41. The third-order valence-corrected chi connectivity index (χ3v) is 6.89. The third kappa shape index (κ3) is 4.70. The molecule has 0 fully saturated rings.